The number of hydrogen-bond donors (Lipinski definition) is 1. The highest BCUT2D eigenvalue weighted by Gasteiger charge is 2.20. The first kappa shape index (κ1) is 17.8. The zero-order valence-corrected chi connectivity index (χ0v) is 16.0. The van der Waals surface area contributed by atoms with Crippen molar-refractivity contribution >= 4 is 45.3 Å². The van der Waals surface area contributed by atoms with E-state index in [0.29, 0.717) is 13.1 Å². The molecule has 2 amide bonds. The van der Waals surface area contributed by atoms with E-state index in [4.69, 9.17) is 11.6 Å². The van der Waals surface area contributed by atoms with Crippen molar-refractivity contribution in [3.63, 3.8) is 0 Å². The van der Waals surface area contributed by atoms with Crippen LogP contribution in [-0.4, -0.2) is 37.1 Å². The predicted molar refractivity (Wildman–Crippen MR) is 107 cm³/mol. The molecule has 1 aliphatic heterocycles. The smallest absolute Gasteiger partial charge is 0.321 e. The van der Waals surface area contributed by atoms with Gasteiger partial charge in [0.05, 0.1) is 0 Å². The Morgan fingerprint density at radius 2 is 1.84 bits per heavy atom. The van der Waals surface area contributed by atoms with E-state index in [1.165, 1.54) is 0 Å². The molecule has 0 saturated carbocycles. The van der Waals surface area contributed by atoms with Crippen LogP contribution in [0.4, 0.5) is 10.5 Å². The van der Waals surface area contributed by atoms with Gasteiger partial charge in [-0.05, 0) is 42.0 Å². The number of piperazine rings is 1. The second-order valence-electron chi connectivity index (χ2n) is 5.79. The number of amides is 2. The molecular weight excluding hydrogens is 402 g/mol. The van der Waals surface area contributed by atoms with E-state index in [9.17, 15) is 4.79 Å². The number of benzene rings is 2. The number of hydrogen-bond acceptors (Lipinski definition) is 2. The molecule has 25 heavy (non-hydrogen) atoms. The zero-order valence-electron chi connectivity index (χ0n) is 13.7. The standard InChI is InChI=1S/C19H19BrClN3O/c20-16-4-1-3-15(13-16)7-8-22-19(25)24-11-9-23(10-12-24)18-6-2-5-17(21)14-18/h1-8,13-14H,9-12H2,(H,22,25)/b8-7+. The molecule has 1 saturated heterocycles. The molecule has 0 atom stereocenters. The summed E-state index contributed by atoms with van der Waals surface area (Å²) in [6.45, 7) is 2.96. The molecule has 0 aliphatic carbocycles. The molecule has 1 heterocycles. The van der Waals surface area contributed by atoms with Gasteiger partial charge in [0.1, 0.15) is 0 Å². The lowest BCUT2D eigenvalue weighted by atomic mass is 10.2. The van der Waals surface area contributed by atoms with Crippen LogP contribution in [0.5, 0.6) is 0 Å². The first-order chi connectivity index (χ1) is 12.1. The molecule has 0 spiro atoms. The van der Waals surface area contributed by atoms with Crippen LogP contribution in [0, 0.1) is 0 Å². The van der Waals surface area contributed by atoms with Crippen molar-refractivity contribution in [1.82, 2.24) is 10.2 Å². The van der Waals surface area contributed by atoms with Gasteiger partial charge in [-0.3, -0.25) is 0 Å². The molecule has 6 heteroatoms. The Morgan fingerprint density at radius 3 is 2.56 bits per heavy atom. The van der Waals surface area contributed by atoms with Crippen molar-refractivity contribution in [3.05, 3.63) is 69.8 Å². The number of urea groups is 1. The fourth-order valence-electron chi connectivity index (χ4n) is 2.75. The number of carbonyl (C=O) groups excluding carboxylic acids is 1. The summed E-state index contributed by atoms with van der Waals surface area (Å²) < 4.78 is 1.01. The maximum absolute atomic E-state index is 12.3. The van der Waals surface area contributed by atoms with Gasteiger partial charge in [0, 0.05) is 47.6 Å². The Hall–Kier alpha value is -1.98. The summed E-state index contributed by atoms with van der Waals surface area (Å²) in [6, 6.07) is 15.6. The molecule has 1 N–H and O–H groups in total. The lowest BCUT2D eigenvalue weighted by molar-refractivity contribution is 0.198. The van der Waals surface area contributed by atoms with E-state index in [1.54, 1.807) is 6.20 Å². The lowest BCUT2D eigenvalue weighted by Gasteiger charge is -2.35. The summed E-state index contributed by atoms with van der Waals surface area (Å²) in [5.41, 5.74) is 2.13. The van der Waals surface area contributed by atoms with Crippen molar-refractivity contribution in [3.8, 4) is 0 Å². The summed E-state index contributed by atoms with van der Waals surface area (Å²) in [7, 11) is 0. The minimum atomic E-state index is -0.0722. The maximum atomic E-state index is 12.3. The predicted octanol–water partition coefficient (Wildman–Crippen LogP) is 4.61. The second-order valence-corrected chi connectivity index (χ2v) is 7.14. The van der Waals surface area contributed by atoms with Crippen molar-refractivity contribution < 1.29 is 4.79 Å². The van der Waals surface area contributed by atoms with Gasteiger partial charge in [0.2, 0.25) is 0 Å². The fraction of sp³-hybridized carbons (Fsp3) is 0.211. The largest absolute Gasteiger partial charge is 0.368 e. The minimum Gasteiger partial charge on any atom is -0.368 e. The van der Waals surface area contributed by atoms with Gasteiger partial charge >= 0.3 is 6.03 Å². The number of carbonyl (C=O) groups is 1. The van der Waals surface area contributed by atoms with Crippen LogP contribution in [0.3, 0.4) is 0 Å². The van der Waals surface area contributed by atoms with E-state index in [0.717, 1.165) is 33.8 Å². The van der Waals surface area contributed by atoms with Crippen LogP contribution < -0.4 is 10.2 Å². The average Bonchev–Trinajstić information content (AvgIpc) is 2.62. The molecule has 2 aromatic carbocycles. The molecule has 1 fully saturated rings. The second kappa shape index (κ2) is 8.41. The minimum absolute atomic E-state index is 0.0722. The highest BCUT2D eigenvalue weighted by Crippen LogP contribution is 2.20. The third-order valence-corrected chi connectivity index (χ3v) is 4.80. The van der Waals surface area contributed by atoms with Crippen LogP contribution in [0.25, 0.3) is 6.08 Å². The lowest BCUT2D eigenvalue weighted by Crippen LogP contribution is -2.51. The maximum Gasteiger partial charge on any atom is 0.321 e. The van der Waals surface area contributed by atoms with Gasteiger partial charge in [0.15, 0.2) is 0 Å². The molecule has 2 aromatic rings. The van der Waals surface area contributed by atoms with Crippen molar-refractivity contribution in [1.29, 1.82) is 0 Å². The molecule has 3 rings (SSSR count). The quantitative estimate of drug-likeness (QED) is 0.787. The van der Waals surface area contributed by atoms with Gasteiger partial charge in [-0.1, -0.05) is 45.7 Å². The first-order valence-corrected chi connectivity index (χ1v) is 9.27. The molecule has 0 radical (unpaired) electrons. The Bertz CT molecular complexity index is 773. The van der Waals surface area contributed by atoms with E-state index >= 15 is 0 Å². The van der Waals surface area contributed by atoms with Gasteiger partial charge in [-0.25, -0.2) is 4.79 Å². The highest BCUT2D eigenvalue weighted by molar-refractivity contribution is 9.10. The monoisotopic (exact) mass is 419 g/mol. The third-order valence-electron chi connectivity index (χ3n) is 4.07. The summed E-state index contributed by atoms with van der Waals surface area (Å²) >= 11 is 9.48. The van der Waals surface area contributed by atoms with Crippen LogP contribution >= 0.6 is 27.5 Å². The molecule has 0 bridgehead atoms. The number of rotatable bonds is 3. The third kappa shape index (κ3) is 5.00. The summed E-state index contributed by atoms with van der Waals surface area (Å²) in [5, 5.41) is 3.57. The summed E-state index contributed by atoms with van der Waals surface area (Å²) in [4.78, 5) is 16.3. The van der Waals surface area contributed by atoms with Crippen molar-refractivity contribution in [2.45, 2.75) is 0 Å². The van der Waals surface area contributed by atoms with Gasteiger partial charge in [-0.2, -0.15) is 0 Å². The number of anilines is 1. The van der Waals surface area contributed by atoms with E-state index < -0.39 is 0 Å². The molecule has 130 valence electrons. The van der Waals surface area contributed by atoms with Crippen molar-refractivity contribution in [2.24, 2.45) is 0 Å². The highest BCUT2D eigenvalue weighted by atomic mass is 79.9. The van der Waals surface area contributed by atoms with Crippen LogP contribution in [0.1, 0.15) is 5.56 Å². The Kier molecular flexibility index (Phi) is 6.00. The Balaban J connectivity index is 1.50. The van der Waals surface area contributed by atoms with E-state index in [1.807, 2.05) is 59.5 Å². The van der Waals surface area contributed by atoms with E-state index in [-0.39, 0.29) is 6.03 Å². The molecule has 0 aromatic heterocycles. The molecule has 4 nitrogen and oxygen atoms in total. The van der Waals surface area contributed by atoms with Crippen molar-refractivity contribution in [2.75, 3.05) is 31.1 Å². The van der Waals surface area contributed by atoms with E-state index in [2.05, 4.69) is 26.1 Å². The molecular formula is C19H19BrClN3O. The van der Waals surface area contributed by atoms with Crippen LogP contribution in [-0.2, 0) is 0 Å². The summed E-state index contributed by atoms with van der Waals surface area (Å²) in [6.07, 6.45) is 3.57. The number of nitrogens with one attached hydrogen (secondary N) is 1. The number of nitrogens with zero attached hydrogens (tertiary/aromatic N) is 2. The molecule has 0 unspecified atom stereocenters. The van der Waals surface area contributed by atoms with Crippen LogP contribution in [0.2, 0.25) is 5.02 Å². The number of halogens is 2. The Morgan fingerprint density at radius 1 is 1.08 bits per heavy atom. The Labute approximate surface area is 161 Å². The SMILES string of the molecule is O=C(N/C=C/c1cccc(Br)c1)N1CCN(c2cccc(Cl)c2)CC1. The summed E-state index contributed by atoms with van der Waals surface area (Å²) in [5.74, 6) is 0. The van der Waals surface area contributed by atoms with Gasteiger partial charge in [0.25, 0.3) is 0 Å². The molecule has 1 aliphatic rings. The van der Waals surface area contributed by atoms with Crippen LogP contribution in [0.15, 0.2) is 59.2 Å². The zero-order chi connectivity index (χ0) is 17.6. The fourth-order valence-corrected chi connectivity index (χ4v) is 3.35. The van der Waals surface area contributed by atoms with Gasteiger partial charge < -0.3 is 15.1 Å². The normalized spacial score (nSPS) is 14.8. The average molecular weight is 421 g/mol. The topological polar surface area (TPSA) is 35.6 Å². The first-order valence-electron chi connectivity index (χ1n) is 8.10. The van der Waals surface area contributed by atoms with Gasteiger partial charge in [-0.15, -0.1) is 0 Å².